The minimum absolute atomic E-state index is 0.0608. The van der Waals surface area contributed by atoms with E-state index in [2.05, 4.69) is 0 Å². The number of nitrogens with zero attached hydrogens (tertiary/aromatic N) is 1. The molecule has 1 aliphatic rings. The summed E-state index contributed by atoms with van der Waals surface area (Å²) in [4.78, 5) is 28.8. The van der Waals surface area contributed by atoms with Gasteiger partial charge in [0, 0.05) is 16.0 Å². The fourth-order valence-electron chi connectivity index (χ4n) is 4.03. The molecule has 34 heavy (non-hydrogen) atoms. The minimum atomic E-state index is -0.909. The lowest BCUT2D eigenvalue weighted by Crippen LogP contribution is -2.29. The van der Waals surface area contributed by atoms with E-state index in [1.54, 1.807) is 30.3 Å². The summed E-state index contributed by atoms with van der Waals surface area (Å²) in [5.74, 6) is -0.630. The van der Waals surface area contributed by atoms with Gasteiger partial charge < -0.3 is 24.2 Å². The molecule has 0 spiro atoms. The number of Topliss-reactive ketones (excluding diaryl/α,β-unsaturated/α-hetero) is 1. The molecule has 1 unspecified atom stereocenters. The lowest BCUT2D eigenvalue weighted by molar-refractivity contribution is -0.140. The Labute approximate surface area is 205 Å². The Morgan fingerprint density at radius 2 is 1.79 bits per heavy atom. The van der Waals surface area contributed by atoms with Crippen LogP contribution in [-0.4, -0.2) is 43.0 Å². The zero-order chi connectivity index (χ0) is 24.4. The van der Waals surface area contributed by atoms with Gasteiger partial charge in [-0.15, -0.1) is 11.3 Å². The normalized spacial score (nSPS) is 17.2. The van der Waals surface area contributed by atoms with Crippen LogP contribution in [0.3, 0.4) is 0 Å². The van der Waals surface area contributed by atoms with Crippen LogP contribution in [-0.2, 0) is 16.1 Å². The number of rotatable bonds is 7. The van der Waals surface area contributed by atoms with Crippen molar-refractivity contribution in [2.45, 2.75) is 12.6 Å². The smallest absolute Gasteiger partial charge is 0.295 e. The van der Waals surface area contributed by atoms with Crippen LogP contribution < -0.4 is 14.2 Å². The number of para-hydroxylation sites is 1. The van der Waals surface area contributed by atoms with Gasteiger partial charge in [0.05, 0.1) is 44.5 Å². The Bertz CT molecular complexity index is 1270. The molecule has 176 valence electrons. The molecule has 1 atom stereocenters. The van der Waals surface area contributed by atoms with Gasteiger partial charge >= 0.3 is 0 Å². The number of carbonyl (C=O) groups is 2. The van der Waals surface area contributed by atoms with Crippen molar-refractivity contribution in [3.05, 3.63) is 80.5 Å². The Hall–Kier alpha value is -3.49. The number of carbonyl (C=O) groups excluding carboxylic acids is 2. The summed E-state index contributed by atoms with van der Waals surface area (Å²) >= 11 is 7.72. The summed E-state index contributed by atoms with van der Waals surface area (Å²) in [5.41, 5.74) is 0.736. The van der Waals surface area contributed by atoms with Crippen molar-refractivity contribution in [3.8, 4) is 17.2 Å². The molecular weight excluding hydrogens is 478 g/mol. The third kappa shape index (κ3) is 4.10. The number of halogens is 1. The molecule has 7 nitrogen and oxygen atoms in total. The number of ether oxygens (including phenoxy) is 3. The molecule has 0 bridgehead atoms. The number of benzene rings is 2. The number of thiophene rings is 1. The quantitative estimate of drug-likeness (QED) is 0.278. The van der Waals surface area contributed by atoms with Crippen molar-refractivity contribution in [3.63, 3.8) is 0 Å². The van der Waals surface area contributed by atoms with Crippen LogP contribution in [0.15, 0.2) is 59.5 Å². The maximum Gasteiger partial charge on any atom is 0.295 e. The second kappa shape index (κ2) is 9.79. The predicted molar refractivity (Wildman–Crippen MR) is 130 cm³/mol. The molecular formula is C25H22ClNO6S. The molecule has 9 heteroatoms. The van der Waals surface area contributed by atoms with Crippen LogP contribution in [0.25, 0.3) is 5.76 Å². The molecule has 1 amide bonds. The summed E-state index contributed by atoms with van der Waals surface area (Å²) in [6.07, 6.45) is 0. The lowest BCUT2D eigenvalue weighted by atomic mass is 9.94. The zero-order valence-corrected chi connectivity index (χ0v) is 20.3. The highest BCUT2D eigenvalue weighted by atomic mass is 35.5. The molecule has 0 radical (unpaired) electrons. The van der Waals surface area contributed by atoms with Gasteiger partial charge in [-0.25, -0.2) is 0 Å². The second-order valence-corrected chi connectivity index (χ2v) is 8.88. The van der Waals surface area contributed by atoms with Gasteiger partial charge in [0.15, 0.2) is 11.5 Å². The van der Waals surface area contributed by atoms with Crippen molar-refractivity contribution in [1.82, 2.24) is 4.90 Å². The number of amides is 1. The summed E-state index contributed by atoms with van der Waals surface area (Å²) in [6, 6.07) is 12.7. The second-order valence-electron chi connectivity index (χ2n) is 7.44. The van der Waals surface area contributed by atoms with E-state index in [0.29, 0.717) is 22.8 Å². The molecule has 1 N–H and O–H groups in total. The first-order valence-corrected chi connectivity index (χ1v) is 11.5. The maximum atomic E-state index is 13.3. The molecule has 3 aromatic rings. The third-order valence-corrected chi connectivity index (χ3v) is 6.76. The summed E-state index contributed by atoms with van der Waals surface area (Å²) < 4.78 is 16.2. The van der Waals surface area contributed by atoms with E-state index in [9.17, 15) is 14.7 Å². The van der Waals surface area contributed by atoms with Crippen molar-refractivity contribution in [1.29, 1.82) is 0 Å². The highest BCUT2D eigenvalue weighted by Gasteiger charge is 2.47. The van der Waals surface area contributed by atoms with Gasteiger partial charge in [-0.05, 0) is 35.7 Å². The van der Waals surface area contributed by atoms with Gasteiger partial charge in [-0.3, -0.25) is 9.59 Å². The number of ketones is 1. The van der Waals surface area contributed by atoms with E-state index in [4.69, 9.17) is 25.8 Å². The average molecular weight is 500 g/mol. The van der Waals surface area contributed by atoms with E-state index in [-0.39, 0.29) is 28.5 Å². The SMILES string of the molecule is COc1ccc(/C(O)=C2\C(=O)C(=O)N(Cc3cccs3)C2c2cccc(OC)c2OC)cc1Cl. The van der Waals surface area contributed by atoms with Gasteiger partial charge in [-0.1, -0.05) is 29.8 Å². The largest absolute Gasteiger partial charge is 0.507 e. The Morgan fingerprint density at radius 3 is 2.41 bits per heavy atom. The Kier molecular flexibility index (Phi) is 6.81. The van der Waals surface area contributed by atoms with Crippen molar-refractivity contribution in [2.24, 2.45) is 0 Å². The molecule has 2 aromatic carbocycles. The fourth-order valence-corrected chi connectivity index (χ4v) is 4.99. The fraction of sp³-hybridized carbons (Fsp3) is 0.200. The number of likely N-dealkylation sites (tertiary alicyclic amines) is 1. The summed E-state index contributed by atoms with van der Waals surface area (Å²) in [6.45, 7) is 0.188. The highest BCUT2D eigenvalue weighted by Crippen LogP contribution is 2.46. The van der Waals surface area contributed by atoms with Gasteiger partial charge in [0.1, 0.15) is 11.5 Å². The van der Waals surface area contributed by atoms with Gasteiger partial charge in [0.25, 0.3) is 11.7 Å². The Balaban J connectivity index is 1.94. The minimum Gasteiger partial charge on any atom is -0.507 e. The van der Waals surface area contributed by atoms with Crippen LogP contribution in [0, 0.1) is 0 Å². The van der Waals surface area contributed by atoms with E-state index < -0.39 is 17.7 Å². The van der Waals surface area contributed by atoms with Crippen LogP contribution in [0.2, 0.25) is 5.02 Å². The highest BCUT2D eigenvalue weighted by molar-refractivity contribution is 7.09. The first-order chi connectivity index (χ1) is 16.4. The van der Waals surface area contributed by atoms with Gasteiger partial charge in [-0.2, -0.15) is 0 Å². The molecule has 0 aliphatic carbocycles. The standard InChI is InChI=1S/C25H22ClNO6S/c1-31-18-10-9-14(12-17(18)26)22(28)20-21(16-7-4-8-19(32-2)24(16)33-3)27(25(30)23(20)29)13-15-6-5-11-34-15/h4-12,21,28H,13H2,1-3H3/b22-20+. The molecule has 1 aliphatic heterocycles. The van der Waals surface area contributed by atoms with E-state index >= 15 is 0 Å². The molecule has 4 rings (SSSR count). The molecule has 0 saturated carbocycles. The molecule has 2 heterocycles. The summed E-state index contributed by atoms with van der Waals surface area (Å²) in [7, 11) is 4.46. The van der Waals surface area contributed by atoms with Crippen LogP contribution in [0.1, 0.15) is 22.0 Å². The van der Waals surface area contributed by atoms with E-state index in [0.717, 1.165) is 4.88 Å². The molecule has 1 fully saturated rings. The lowest BCUT2D eigenvalue weighted by Gasteiger charge is -2.26. The molecule has 1 aromatic heterocycles. The number of hydrogen-bond acceptors (Lipinski definition) is 7. The predicted octanol–water partition coefficient (Wildman–Crippen LogP) is 5.05. The third-order valence-electron chi connectivity index (χ3n) is 5.60. The van der Waals surface area contributed by atoms with Crippen molar-refractivity contribution < 1.29 is 28.9 Å². The van der Waals surface area contributed by atoms with E-state index in [1.165, 1.54) is 43.6 Å². The van der Waals surface area contributed by atoms with Crippen LogP contribution >= 0.6 is 22.9 Å². The van der Waals surface area contributed by atoms with Crippen molar-refractivity contribution >= 4 is 40.4 Å². The zero-order valence-electron chi connectivity index (χ0n) is 18.7. The van der Waals surface area contributed by atoms with Crippen LogP contribution in [0.4, 0.5) is 0 Å². The molecule has 1 saturated heterocycles. The average Bonchev–Trinajstić information content (AvgIpc) is 3.45. The van der Waals surface area contributed by atoms with E-state index in [1.807, 2.05) is 17.5 Å². The van der Waals surface area contributed by atoms with Crippen molar-refractivity contribution in [2.75, 3.05) is 21.3 Å². The number of aliphatic hydroxyl groups excluding tert-OH is 1. The van der Waals surface area contributed by atoms with Gasteiger partial charge in [0.2, 0.25) is 0 Å². The first-order valence-electron chi connectivity index (χ1n) is 10.3. The topological polar surface area (TPSA) is 85.3 Å². The first kappa shape index (κ1) is 23.7. The monoisotopic (exact) mass is 499 g/mol. The number of hydrogen-bond donors (Lipinski definition) is 1. The number of aliphatic hydroxyl groups is 1. The Morgan fingerprint density at radius 1 is 1.03 bits per heavy atom. The van der Waals surface area contributed by atoms with Crippen LogP contribution in [0.5, 0.6) is 17.2 Å². The number of methoxy groups -OCH3 is 3. The summed E-state index contributed by atoms with van der Waals surface area (Å²) in [5, 5.41) is 13.4. The maximum absolute atomic E-state index is 13.3.